The van der Waals surface area contributed by atoms with Crippen LogP contribution in [0.15, 0.2) is 48.7 Å². The smallest absolute Gasteiger partial charge is 0.416 e. The van der Waals surface area contributed by atoms with Gasteiger partial charge < -0.3 is 14.6 Å². The van der Waals surface area contributed by atoms with Gasteiger partial charge in [-0.2, -0.15) is 18.3 Å². The van der Waals surface area contributed by atoms with Crippen LogP contribution in [0.3, 0.4) is 0 Å². The van der Waals surface area contributed by atoms with Crippen LogP contribution >= 0.6 is 0 Å². The summed E-state index contributed by atoms with van der Waals surface area (Å²) in [4.78, 5) is 11.3. The van der Waals surface area contributed by atoms with Crippen molar-refractivity contribution in [3.05, 3.63) is 59.8 Å². The highest BCUT2D eigenvalue weighted by Crippen LogP contribution is 2.34. The molecule has 0 saturated heterocycles. The minimum atomic E-state index is -4.50. The zero-order valence-corrected chi connectivity index (χ0v) is 15.5. The summed E-state index contributed by atoms with van der Waals surface area (Å²) in [6.07, 6.45) is -3.43. The molecule has 0 saturated carbocycles. The molecule has 0 radical (unpaired) electrons. The van der Waals surface area contributed by atoms with Crippen LogP contribution < -0.4 is 9.47 Å². The van der Waals surface area contributed by atoms with Gasteiger partial charge in [-0.15, -0.1) is 0 Å². The molecule has 0 aliphatic heterocycles. The third kappa shape index (κ3) is 4.34. The summed E-state index contributed by atoms with van der Waals surface area (Å²) < 4.78 is 50.8. The highest BCUT2D eigenvalue weighted by Gasteiger charge is 2.30. The van der Waals surface area contributed by atoms with Gasteiger partial charge >= 0.3 is 12.1 Å². The van der Waals surface area contributed by atoms with Crippen molar-refractivity contribution in [1.82, 2.24) is 9.78 Å². The van der Waals surface area contributed by atoms with E-state index < -0.39 is 17.7 Å². The number of carboxylic acid groups (broad SMARTS) is 1. The van der Waals surface area contributed by atoms with E-state index in [0.717, 1.165) is 12.1 Å². The molecule has 29 heavy (non-hydrogen) atoms. The number of rotatable bonds is 6. The van der Waals surface area contributed by atoms with Crippen molar-refractivity contribution in [3.63, 3.8) is 0 Å². The fourth-order valence-corrected chi connectivity index (χ4v) is 2.89. The van der Waals surface area contributed by atoms with Crippen LogP contribution in [-0.4, -0.2) is 35.1 Å². The first kappa shape index (κ1) is 20.2. The summed E-state index contributed by atoms with van der Waals surface area (Å²) in [5, 5.41) is 13.6. The molecule has 2 aromatic carbocycles. The molecule has 3 rings (SSSR count). The minimum Gasteiger partial charge on any atom is -0.493 e. The van der Waals surface area contributed by atoms with Crippen LogP contribution in [0.1, 0.15) is 11.1 Å². The molecule has 0 aliphatic rings. The second kappa shape index (κ2) is 7.86. The summed E-state index contributed by atoms with van der Waals surface area (Å²) in [5.74, 6) is -0.191. The summed E-state index contributed by atoms with van der Waals surface area (Å²) in [6, 6.07) is 9.59. The molecule has 1 aromatic heterocycles. The molecule has 9 heteroatoms. The van der Waals surface area contributed by atoms with Crippen LogP contribution in [0.2, 0.25) is 0 Å². The minimum absolute atomic E-state index is 0.165. The third-order valence-electron chi connectivity index (χ3n) is 4.23. The van der Waals surface area contributed by atoms with E-state index in [1.54, 1.807) is 18.2 Å². The number of aliphatic carboxylic acids is 1. The van der Waals surface area contributed by atoms with Gasteiger partial charge in [0.25, 0.3) is 0 Å². The Bertz CT molecular complexity index is 1040. The van der Waals surface area contributed by atoms with Gasteiger partial charge in [0.05, 0.1) is 37.6 Å². The van der Waals surface area contributed by atoms with Gasteiger partial charge in [0, 0.05) is 17.3 Å². The number of hydrogen-bond donors (Lipinski definition) is 1. The van der Waals surface area contributed by atoms with E-state index in [9.17, 15) is 23.1 Å². The molecule has 1 N–H and O–H groups in total. The average molecular weight is 406 g/mol. The van der Waals surface area contributed by atoms with Gasteiger partial charge in [0.2, 0.25) is 0 Å². The Balaban J connectivity index is 2.12. The van der Waals surface area contributed by atoms with Gasteiger partial charge in [-0.25, -0.2) is 4.68 Å². The number of ether oxygens (including phenoxy) is 2. The van der Waals surface area contributed by atoms with Crippen molar-refractivity contribution in [3.8, 4) is 28.4 Å². The first-order chi connectivity index (χ1) is 13.7. The predicted molar refractivity (Wildman–Crippen MR) is 98.4 cm³/mol. The number of nitrogens with zero attached hydrogens (tertiary/aromatic N) is 2. The Labute approximate surface area is 164 Å². The zero-order valence-electron chi connectivity index (χ0n) is 15.5. The van der Waals surface area contributed by atoms with E-state index in [1.165, 1.54) is 37.2 Å². The third-order valence-corrected chi connectivity index (χ3v) is 4.23. The van der Waals surface area contributed by atoms with E-state index in [2.05, 4.69) is 5.10 Å². The predicted octanol–water partition coefficient (Wildman–Crippen LogP) is 4.20. The number of methoxy groups -OCH3 is 2. The Kier molecular flexibility index (Phi) is 5.49. The van der Waals surface area contributed by atoms with Crippen molar-refractivity contribution >= 4 is 5.97 Å². The molecule has 6 nitrogen and oxygen atoms in total. The van der Waals surface area contributed by atoms with Crippen molar-refractivity contribution < 1.29 is 32.5 Å². The zero-order chi connectivity index (χ0) is 21.2. The lowest BCUT2D eigenvalue weighted by molar-refractivity contribution is -0.138. The molecule has 3 aromatic rings. The summed E-state index contributed by atoms with van der Waals surface area (Å²) in [7, 11) is 2.94. The van der Waals surface area contributed by atoms with Crippen molar-refractivity contribution in [2.24, 2.45) is 0 Å². The molecule has 0 amide bonds. The summed E-state index contributed by atoms with van der Waals surface area (Å²) in [6.45, 7) is 0. The lowest BCUT2D eigenvalue weighted by Crippen LogP contribution is -2.06. The number of carboxylic acids is 1. The lowest BCUT2D eigenvalue weighted by atomic mass is 10.1. The van der Waals surface area contributed by atoms with Gasteiger partial charge in [-0.05, 0) is 36.4 Å². The lowest BCUT2D eigenvalue weighted by Gasteiger charge is -2.09. The molecule has 0 aliphatic carbocycles. The molecule has 0 unspecified atom stereocenters. The average Bonchev–Trinajstić information content (AvgIpc) is 3.10. The number of carbonyl (C=O) groups is 1. The standard InChI is InChI=1S/C20H17F3N2O4/c1-28-16-7-6-12(8-17(16)29-2)19-13(9-18(26)27)11-25(24-19)15-5-3-4-14(10-15)20(21,22)23/h3-8,10-11H,9H2,1-2H3,(H,26,27). The van der Waals surface area contributed by atoms with Crippen LogP contribution in [0, 0.1) is 0 Å². The fourth-order valence-electron chi connectivity index (χ4n) is 2.89. The number of halogens is 3. The quantitative estimate of drug-likeness (QED) is 0.664. The first-order valence-electron chi connectivity index (χ1n) is 8.43. The van der Waals surface area contributed by atoms with E-state index >= 15 is 0 Å². The monoisotopic (exact) mass is 406 g/mol. The maximum atomic E-state index is 13.0. The molecule has 0 bridgehead atoms. The second-order valence-corrected chi connectivity index (χ2v) is 6.14. The topological polar surface area (TPSA) is 73.6 Å². The Hall–Kier alpha value is -3.49. The molecular formula is C20H17F3N2O4. The fraction of sp³-hybridized carbons (Fsp3) is 0.200. The Morgan fingerprint density at radius 2 is 1.83 bits per heavy atom. The van der Waals surface area contributed by atoms with Crippen LogP contribution in [0.25, 0.3) is 16.9 Å². The van der Waals surface area contributed by atoms with E-state index in [0.29, 0.717) is 28.3 Å². The maximum absolute atomic E-state index is 13.0. The number of aromatic nitrogens is 2. The van der Waals surface area contributed by atoms with E-state index in [4.69, 9.17) is 9.47 Å². The SMILES string of the molecule is COc1ccc(-c2nn(-c3cccc(C(F)(F)F)c3)cc2CC(=O)O)cc1OC. The summed E-state index contributed by atoms with van der Waals surface area (Å²) >= 11 is 0. The molecule has 0 atom stereocenters. The summed E-state index contributed by atoms with van der Waals surface area (Å²) in [5.41, 5.74) is 0.564. The largest absolute Gasteiger partial charge is 0.493 e. The first-order valence-corrected chi connectivity index (χ1v) is 8.43. The molecule has 152 valence electrons. The number of alkyl halides is 3. The maximum Gasteiger partial charge on any atom is 0.416 e. The second-order valence-electron chi connectivity index (χ2n) is 6.14. The van der Waals surface area contributed by atoms with Gasteiger partial charge in [0.1, 0.15) is 0 Å². The highest BCUT2D eigenvalue weighted by atomic mass is 19.4. The van der Waals surface area contributed by atoms with Crippen molar-refractivity contribution in [2.75, 3.05) is 14.2 Å². The van der Waals surface area contributed by atoms with Gasteiger partial charge in [-0.1, -0.05) is 6.07 Å². The van der Waals surface area contributed by atoms with Crippen LogP contribution in [-0.2, 0) is 17.4 Å². The van der Waals surface area contributed by atoms with E-state index in [-0.39, 0.29) is 12.1 Å². The van der Waals surface area contributed by atoms with Crippen molar-refractivity contribution in [2.45, 2.75) is 12.6 Å². The molecular weight excluding hydrogens is 389 g/mol. The van der Waals surface area contributed by atoms with Gasteiger partial charge in [0.15, 0.2) is 11.5 Å². The normalized spacial score (nSPS) is 11.3. The number of hydrogen-bond acceptors (Lipinski definition) is 4. The van der Waals surface area contributed by atoms with Crippen LogP contribution in [0.4, 0.5) is 13.2 Å². The van der Waals surface area contributed by atoms with Crippen LogP contribution in [0.5, 0.6) is 11.5 Å². The molecule has 1 heterocycles. The highest BCUT2D eigenvalue weighted by molar-refractivity contribution is 5.76. The molecule has 0 fully saturated rings. The Morgan fingerprint density at radius 1 is 1.10 bits per heavy atom. The number of benzene rings is 2. The van der Waals surface area contributed by atoms with Gasteiger partial charge in [-0.3, -0.25) is 4.79 Å². The van der Waals surface area contributed by atoms with E-state index in [1.807, 2.05) is 0 Å². The molecule has 0 spiro atoms. The van der Waals surface area contributed by atoms with Crippen molar-refractivity contribution in [1.29, 1.82) is 0 Å². The Morgan fingerprint density at radius 3 is 2.45 bits per heavy atom.